The molecule has 0 aliphatic rings. The van der Waals surface area contributed by atoms with E-state index in [0.29, 0.717) is 37.5 Å². The van der Waals surface area contributed by atoms with Gasteiger partial charge >= 0.3 is 39.5 Å². The summed E-state index contributed by atoms with van der Waals surface area (Å²) in [6.45, 7) is 13.9. The zero-order valence-electron chi connectivity index (χ0n) is 53.8. The average molecular weight is 1230 g/mol. The zero-order valence-corrected chi connectivity index (χ0v) is 55.6. The van der Waals surface area contributed by atoms with Crippen LogP contribution in [0, 0.1) is 23.7 Å². The fourth-order valence-corrected chi connectivity index (χ4v) is 11.0. The Balaban J connectivity index is 5.24. The summed E-state index contributed by atoms with van der Waals surface area (Å²) in [6, 6.07) is 0. The molecule has 5 atom stereocenters. The van der Waals surface area contributed by atoms with Gasteiger partial charge in [0.25, 0.3) is 0 Å². The van der Waals surface area contributed by atoms with Crippen molar-refractivity contribution in [2.45, 2.75) is 324 Å². The third-order valence-electron chi connectivity index (χ3n) is 14.6. The van der Waals surface area contributed by atoms with Crippen LogP contribution >= 0.6 is 15.6 Å². The Labute approximate surface area is 505 Å². The molecule has 83 heavy (non-hydrogen) atoms. The number of hydrogen-bond donors (Lipinski definition) is 3. The molecule has 0 aromatic rings. The lowest BCUT2D eigenvalue weighted by Gasteiger charge is -2.21. The maximum atomic E-state index is 13.0. The number of rotatable bonds is 61. The maximum absolute atomic E-state index is 13.0. The monoisotopic (exact) mass is 1230 g/mol. The van der Waals surface area contributed by atoms with Crippen molar-refractivity contribution >= 4 is 39.5 Å². The van der Waals surface area contributed by atoms with Crippen LogP contribution < -0.4 is 0 Å². The van der Waals surface area contributed by atoms with E-state index in [9.17, 15) is 43.2 Å². The molecule has 0 aromatic carbocycles. The highest BCUT2D eigenvalue weighted by atomic mass is 31.2. The van der Waals surface area contributed by atoms with Gasteiger partial charge in [-0.3, -0.25) is 37.3 Å². The van der Waals surface area contributed by atoms with Crippen molar-refractivity contribution in [3.8, 4) is 0 Å². The molecule has 3 N–H and O–H groups in total. The minimum Gasteiger partial charge on any atom is -0.462 e. The van der Waals surface area contributed by atoms with Crippen LogP contribution in [0.15, 0.2) is 0 Å². The van der Waals surface area contributed by atoms with Gasteiger partial charge in [-0.15, -0.1) is 0 Å². The van der Waals surface area contributed by atoms with Crippen molar-refractivity contribution in [1.82, 2.24) is 0 Å². The molecular formula is C64H124O17P2. The molecule has 492 valence electrons. The van der Waals surface area contributed by atoms with E-state index in [1.165, 1.54) is 103 Å². The lowest BCUT2D eigenvalue weighted by Crippen LogP contribution is -2.30. The molecule has 0 rings (SSSR count). The molecule has 2 unspecified atom stereocenters. The van der Waals surface area contributed by atoms with E-state index in [4.69, 9.17) is 37.0 Å². The van der Waals surface area contributed by atoms with Crippen molar-refractivity contribution in [3.63, 3.8) is 0 Å². The molecule has 0 amide bonds. The highest BCUT2D eigenvalue weighted by Gasteiger charge is 2.30. The minimum atomic E-state index is -4.94. The van der Waals surface area contributed by atoms with Gasteiger partial charge in [-0.1, -0.05) is 254 Å². The van der Waals surface area contributed by atoms with Crippen LogP contribution in [0.5, 0.6) is 0 Å². The molecule has 17 nitrogen and oxygen atoms in total. The first-order chi connectivity index (χ1) is 39.6. The lowest BCUT2D eigenvalue weighted by atomic mass is 10.0. The molecule has 0 aliphatic carbocycles. The number of carbonyl (C=O) groups is 4. The molecule has 0 bridgehead atoms. The smallest absolute Gasteiger partial charge is 0.462 e. The lowest BCUT2D eigenvalue weighted by molar-refractivity contribution is -0.161. The summed E-state index contributed by atoms with van der Waals surface area (Å²) in [7, 11) is -9.89. The number of hydrogen-bond acceptors (Lipinski definition) is 15. The maximum Gasteiger partial charge on any atom is 0.472 e. The summed E-state index contributed by atoms with van der Waals surface area (Å²) >= 11 is 0. The number of aliphatic hydroxyl groups is 1. The molecule has 0 fully saturated rings. The van der Waals surface area contributed by atoms with Crippen LogP contribution in [0.2, 0.25) is 0 Å². The van der Waals surface area contributed by atoms with Crippen molar-refractivity contribution in [2.75, 3.05) is 39.6 Å². The minimum absolute atomic E-state index is 0.102. The van der Waals surface area contributed by atoms with Gasteiger partial charge in [0, 0.05) is 25.7 Å². The van der Waals surface area contributed by atoms with Crippen LogP contribution in [-0.4, -0.2) is 96.7 Å². The molecule has 0 heterocycles. The number of phosphoric ester groups is 2. The summed E-state index contributed by atoms with van der Waals surface area (Å²) in [5.41, 5.74) is 0. The van der Waals surface area contributed by atoms with Gasteiger partial charge in [0.1, 0.15) is 19.3 Å². The van der Waals surface area contributed by atoms with Gasteiger partial charge in [0.2, 0.25) is 0 Å². The summed E-state index contributed by atoms with van der Waals surface area (Å²) < 4.78 is 68.0. The highest BCUT2D eigenvalue weighted by Crippen LogP contribution is 2.45. The van der Waals surface area contributed by atoms with Gasteiger partial charge in [0.05, 0.1) is 26.4 Å². The van der Waals surface area contributed by atoms with E-state index in [1.807, 2.05) is 0 Å². The van der Waals surface area contributed by atoms with Crippen molar-refractivity contribution in [3.05, 3.63) is 0 Å². The molecule has 0 saturated heterocycles. The SMILES string of the molecule is CC(C)CCCCCCCCCCCCC(=O)O[C@H](COC(=O)CCCCCCCCC(C)C)COP(=O)(O)OC[C@H](O)COP(=O)(O)OC[C@@H](COC(=O)CCCCCCCCCCC(C)C)OC(=O)CCCCCCCCCC(C)C. The molecule has 0 aliphatic heterocycles. The fourth-order valence-electron chi connectivity index (χ4n) is 9.43. The second kappa shape index (κ2) is 54.2. The second-order valence-corrected chi connectivity index (χ2v) is 28.0. The quantitative estimate of drug-likeness (QED) is 0.0222. The number of ether oxygens (including phenoxy) is 4. The number of aliphatic hydroxyl groups excluding tert-OH is 1. The van der Waals surface area contributed by atoms with Gasteiger partial charge in [-0.2, -0.15) is 0 Å². The Morgan fingerprint density at radius 3 is 0.747 bits per heavy atom. The Morgan fingerprint density at radius 1 is 0.301 bits per heavy atom. The van der Waals surface area contributed by atoms with Gasteiger partial charge < -0.3 is 33.8 Å². The Bertz CT molecular complexity index is 1660. The van der Waals surface area contributed by atoms with E-state index < -0.39 is 97.5 Å². The molecule has 0 saturated carbocycles. The van der Waals surface area contributed by atoms with E-state index in [0.717, 1.165) is 108 Å². The average Bonchev–Trinajstić information content (AvgIpc) is 3.42. The second-order valence-electron chi connectivity index (χ2n) is 25.1. The van der Waals surface area contributed by atoms with E-state index in [1.54, 1.807) is 0 Å². The van der Waals surface area contributed by atoms with Gasteiger partial charge in [0.15, 0.2) is 12.2 Å². The first-order valence-corrected chi connectivity index (χ1v) is 36.2. The predicted molar refractivity (Wildman–Crippen MR) is 331 cm³/mol. The standard InChI is InChI=1S/C64H124O17P2/c1-54(2)40-32-24-16-11-9-10-12-20-30-38-46-63(68)80-60(51-75-62(67)45-37-29-23-22-27-35-43-57(7)8)53-79-83(72,73)77-49-58(65)48-76-82(70,71)78-52-59(81-64(69)47-39-31-21-15-18-26-34-42-56(5)6)50-74-61(66)44-36-28-19-14-13-17-25-33-41-55(3)4/h54-60,65H,9-53H2,1-8H3,(H,70,71)(H,72,73)/t58-,59-,60-/m1/s1. The molecular weight excluding hydrogens is 1100 g/mol. The summed E-state index contributed by atoms with van der Waals surface area (Å²) in [4.78, 5) is 72.2. The topological polar surface area (TPSA) is 237 Å². The Kier molecular flexibility index (Phi) is 53.0. The van der Waals surface area contributed by atoms with Crippen molar-refractivity contribution < 1.29 is 80.2 Å². The molecule has 19 heteroatoms. The normalized spacial score (nSPS) is 14.4. The number of carbonyl (C=O) groups excluding carboxylic acids is 4. The Hall–Kier alpha value is -1.94. The third-order valence-corrected chi connectivity index (χ3v) is 16.5. The van der Waals surface area contributed by atoms with Crippen LogP contribution in [0.4, 0.5) is 0 Å². The highest BCUT2D eigenvalue weighted by molar-refractivity contribution is 7.47. The summed E-state index contributed by atoms with van der Waals surface area (Å²) in [5, 5.41) is 10.5. The van der Waals surface area contributed by atoms with Gasteiger partial charge in [-0.05, 0) is 49.4 Å². The van der Waals surface area contributed by atoms with Crippen LogP contribution in [0.3, 0.4) is 0 Å². The van der Waals surface area contributed by atoms with Crippen LogP contribution in [0.25, 0.3) is 0 Å². The van der Waals surface area contributed by atoms with Crippen molar-refractivity contribution in [1.29, 1.82) is 0 Å². The summed E-state index contributed by atoms with van der Waals surface area (Å²) in [5.74, 6) is 0.711. The van der Waals surface area contributed by atoms with Crippen LogP contribution in [0.1, 0.15) is 306 Å². The fraction of sp³-hybridized carbons (Fsp3) is 0.938. The number of esters is 4. The first kappa shape index (κ1) is 81.1. The molecule has 0 aromatic heterocycles. The van der Waals surface area contributed by atoms with Gasteiger partial charge in [-0.25, -0.2) is 9.13 Å². The number of phosphoric acid groups is 2. The predicted octanol–water partition coefficient (Wildman–Crippen LogP) is 17.4. The Morgan fingerprint density at radius 2 is 0.506 bits per heavy atom. The van der Waals surface area contributed by atoms with E-state index in [-0.39, 0.29) is 25.7 Å². The van der Waals surface area contributed by atoms with Crippen LogP contribution in [-0.2, 0) is 65.4 Å². The van der Waals surface area contributed by atoms with E-state index >= 15 is 0 Å². The largest absolute Gasteiger partial charge is 0.472 e. The first-order valence-electron chi connectivity index (χ1n) is 33.2. The molecule has 0 spiro atoms. The third kappa shape index (κ3) is 58.8. The zero-order chi connectivity index (χ0) is 61.8. The summed E-state index contributed by atoms with van der Waals surface area (Å²) in [6.07, 6.45) is 33.7. The van der Waals surface area contributed by atoms with E-state index in [2.05, 4.69) is 55.4 Å². The van der Waals surface area contributed by atoms with Crippen molar-refractivity contribution in [2.24, 2.45) is 23.7 Å². The molecule has 0 radical (unpaired) electrons. The number of unbranched alkanes of at least 4 members (excludes halogenated alkanes) is 27.